The summed E-state index contributed by atoms with van der Waals surface area (Å²) < 4.78 is 5.37. The van der Waals surface area contributed by atoms with Gasteiger partial charge in [-0.1, -0.05) is 30.3 Å². The Morgan fingerprint density at radius 1 is 1.42 bits per heavy atom. The lowest BCUT2D eigenvalue weighted by molar-refractivity contribution is -0.126. The van der Waals surface area contributed by atoms with Crippen LogP contribution in [0, 0.1) is 5.92 Å². The quantitative estimate of drug-likeness (QED) is 0.835. The summed E-state index contributed by atoms with van der Waals surface area (Å²) in [4.78, 5) is 12.2. The van der Waals surface area contributed by atoms with Gasteiger partial charge in [0.1, 0.15) is 0 Å². The summed E-state index contributed by atoms with van der Waals surface area (Å²) in [5.74, 6) is -0.119. The smallest absolute Gasteiger partial charge is 0.225 e. The highest BCUT2D eigenvalue weighted by atomic mass is 16.5. The van der Waals surface area contributed by atoms with Crippen LogP contribution in [0.5, 0.6) is 0 Å². The number of carbonyl (C=O) groups excluding carboxylic acids is 1. The number of benzene rings is 1. The third kappa shape index (κ3) is 4.33. The van der Waals surface area contributed by atoms with Crippen molar-refractivity contribution in [1.82, 2.24) is 5.32 Å². The van der Waals surface area contributed by atoms with Gasteiger partial charge < -0.3 is 15.8 Å². The van der Waals surface area contributed by atoms with Crippen molar-refractivity contribution in [2.24, 2.45) is 11.7 Å². The minimum absolute atomic E-state index is 0.0434. The van der Waals surface area contributed by atoms with Gasteiger partial charge in [-0.15, -0.1) is 0 Å². The van der Waals surface area contributed by atoms with E-state index in [2.05, 4.69) is 5.32 Å². The first kappa shape index (κ1) is 14.0. The molecular weight excluding hydrogens is 240 g/mol. The molecule has 0 aliphatic carbocycles. The first-order valence-electron chi connectivity index (χ1n) is 6.91. The summed E-state index contributed by atoms with van der Waals surface area (Å²) in [7, 11) is 0. The van der Waals surface area contributed by atoms with Crippen LogP contribution in [-0.2, 0) is 16.0 Å². The highest BCUT2D eigenvalue weighted by molar-refractivity contribution is 5.79. The first-order chi connectivity index (χ1) is 9.29. The van der Waals surface area contributed by atoms with Gasteiger partial charge in [0.25, 0.3) is 0 Å². The van der Waals surface area contributed by atoms with Crippen molar-refractivity contribution in [2.75, 3.05) is 19.8 Å². The van der Waals surface area contributed by atoms with E-state index in [0.717, 1.165) is 25.0 Å². The molecule has 1 aliphatic rings. The normalized spacial score (nSPS) is 20.8. The molecule has 1 aromatic rings. The average molecular weight is 262 g/mol. The standard InChI is InChI=1S/C15H22N2O2/c16-10-13(9-12-5-2-1-3-6-12)15(18)17-14-7-4-8-19-11-14/h1-3,5-6,13-14H,4,7-11,16H2,(H,17,18). The average Bonchev–Trinajstić information content (AvgIpc) is 2.47. The molecule has 1 heterocycles. The molecule has 1 fully saturated rings. The molecule has 1 amide bonds. The van der Waals surface area contributed by atoms with Crippen molar-refractivity contribution < 1.29 is 9.53 Å². The zero-order chi connectivity index (χ0) is 13.5. The van der Waals surface area contributed by atoms with Crippen molar-refractivity contribution in [2.45, 2.75) is 25.3 Å². The van der Waals surface area contributed by atoms with Gasteiger partial charge in [0.2, 0.25) is 5.91 Å². The Morgan fingerprint density at radius 2 is 2.21 bits per heavy atom. The van der Waals surface area contributed by atoms with Gasteiger partial charge >= 0.3 is 0 Å². The number of nitrogens with one attached hydrogen (secondary N) is 1. The number of rotatable bonds is 5. The van der Waals surface area contributed by atoms with E-state index in [1.54, 1.807) is 0 Å². The zero-order valence-corrected chi connectivity index (χ0v) is 11.2. The van der Waals surface area contributed by atoms with E-state index in [4.69, 9.17) is 10.5 Å². The predicted octanol–water partition coefficient (Wildman–Crippen LogP) is 1.10. The highest BCUT2D eigenvalue weighted by Crippen LogP contribution is 2.10. The number of nitrogens with two attached hydrogens (primary N) is 1. The molecule has 104 valence electrons. The zero-order valence-electron chi connectivity index (χ0n) is 11.2. The van der Waals surface area contributed by atoms with E-state index in [0.29, 0.717) is 19.6 Å². The maximum absolute atomic E-state index is 12.2. The van der Waals surface area contributed by atoms with Crippen molar-refractivity contribution in [3.05, 3.63) is 35.9 Å². The summed E-state index contributed by atoms with van der Waals surface area (Å²) in [5, 5.41) is 3.05. The first-order valence-corrected chi connectivity index (χ1v) is 6.91. The van der Waals surface area contributed by atoms with Gasteiger partial charge in [-0.05, 0) is 24.8 Å². The fourth-order valence-electron chi connectivity index (χ4n) is 2.36. The topological polar surface area (TPSA) is 64.4 Å². The summed E-state index contributed by atoms with van der Waals surface area (Å²) >= 11 is 0. The Kier molecular flexibility index (Phi) is 5.36. The third-order valence-electron chi connectivity index (χ3n) is 3.49. The summed E-state index contributed by atoms with van der Waals surface area (Å²) in [6.45, 7) is 1.79. The third-order valence-corrected chi connectivity index (χ3v) is 3.49. The number of hydrogen-bond acceptors (Lipinski definition) is 3. The molecule has 3 N–H and O–H groups in total. The van der Waals surface area contributed by atoms with Crippen LogP contribution in [0.4, 0.5) is 0 Å². The Bertz CT molecular complexity index is 388. The van der Waals surface area contributed by atoms with E-state index in [9.17, 15) is 4.79 Å². The molecule has 0 saturated carbocycles. The molecule has 0 spiro atoms. The Balaban J connectivity index is 1.87. The SMILES string of the molecule is NCC(Cc1ccccc1)C(=O)NC1CCCOC1. The molecule has 1 aliphatic heterocycles. The summed E-state index contributed by atoms with van der Waals surface area (Å²) in [6, 6.07) is 10.1. The van der Waals surface area contributed by atoms with Crippen LogP contribution in [0.15, 0.2) is 30.3 Å². The lowest BCUT2D eigenvalue weighted by Gasteiger charge is -2.25. The van der Waals surface area contributed by atoms with Gasteiger partial charge in [0.15, 0.2) is 0 Å². The second-order valence-corrected chi connectivity index (χ2v) is 5.05. The Hall–Kier alpha value is -1.39. The van der Waals surface area contributed by atoms with Crippen LogP contribution in [0.25, 0.3) is 0 Å². The van der Waals surface area contributed by atoms with Crippen LogP contribution in [-0.4, -0.2) is 31.7 Å². The van der Waals surface area contributed by atoms with Crippen molar-refractivity contribution in [1.29, 1.82) is 0 Å². The minimum Gasteiger partial charge on any atom is -0.379 e. The Morgan fingerprint density at radius 3 is 2.84 bits per heavy atom. The van der Waals surface area contributed by atoms with Crippen molar-refractivity contribution >= 4 is 5.91 Å². The van der Waals surface area contributed by atoms with Crippen LogP contribution in [0.2, 0.25) is 0 Å². The largest absolute Gasteiger partial charge is 0.379 e. The van der Waals surface area contributed by atoms with Crippen LogP contribution < -0.4 is 11.1 Å². The second-order valence-electron chi connectivity index (χ2n) is 5.05. The monoisotopic (exact) mass is 262 g/mol. The second kappa shape index (κ2) is 7.26. The molecule has 0 aromatic heterocycles. The van der Waals surface area contributed by atoms with E-state index in [1.807, 2.05) is 30.3 Å². The molecule has 1 saturated heterocycles. The van der Waals surface area contributed by atoms with Crippen molar-refractivity contribution in [3.8, 4) is 0 Å². The molecule has 4 heteroatoms. The molecule has 1 aromatic carbocycles. The molecule has 2 rings (SSSR count). The molecule has 0 bridgehead atoms. The van der Waals surface area contributed by atoms with E-state index < -0.39 is 0 Å². The number of amides is 1. The Labute approximate surface area is 114 Å². The molecule has 19 heavy (non-hydrogen) atoms. The molecule has 2 unspecified atom stereocenters. The lowest BCUT2D eigenvalue weighted by Crippen LogP contribution is -2.45. The predicted molar refractivity (Wildman–Crippen MR) is 74.7 cm³/mol. The fraction of sp³-hybridized carbons (Fsp3) is 0.533. The maximum Gasteiger partial charge on any atom is 0.225 e. The van der Waals surface area contributed by atoms with Crippen LogP contribution in [0.3, 0.4) is 0 Å². The van der Waals surface area contributed by atoms with Crippen molar-refractivity contribution in [3.63, 3.8) is 0 Å². The molecular formula is C15H22N2O2. The van der Waals surface area contributed by atoms with Gasteiger partial charge in [-0.25, -0.2) is 0 Å². The van der Waals surface area contributed by atoms with E-state index >= 15 is 0 Å². The number of ether oxygens (including phenoxy) is 1. The summed E-state index contributed by atoms with van der Waals surface area (Å²) in [6.07, 6.45) is 2.70. The van der Waals surface area contributed by atoms with Crippen LogP contribution in [0.1, 0.15) is 18.4 Å². The molecule has 4 nitrogen and oxygen atoms in total. The maximum atomic E-state index is 12.2. The number of carbonyl (C=O) groups is 1. The van der Waals surface area contributed by atoms with Gasteiger partial charge in [-0.3, -0.25) is 4.79 Å². The molecule has 2 atom stereocenters. The van der Waals surface area contributed by atoms with Gasteiger partial charge in [-0.2, -0.15) is 0 Å². The minimum atomic E-state index is -0.163. The van der Waals surface area contributed by atoms with Crippen LogP contribution >= 0.6 is 0 Å². The fourth-order valence-corrected chi connectivity index (χ4v) is 2.36. The van der Waals surface area contributed by atoms with Gasteiger partial charge in [0.05, 0.1) is 18.6 Å². The van der Waals surface area contributed by atoms with Gasteiger partial charge in [0, 0.05) is 13.2 Å². The van der Waals surface area contributed by atoms with E-state index in [-0.39, 0.29) is 17.9 Å². The van der Waals surface area contributed by atoms with E-state index in [1.165, 1.54) is 0 Å². The number of hydrogen-bond donors (Lipinski definition) is 2. The lowest BCUT2D eigenvalue weighted by atomic mass is 9.98. The summed E-state index contributed by atoms with van der Waals surface area (Å²) in [5.41, 5.74) is 6.88. The highest BCUT2D eigenvalue weighted by Gasteiger charge is 2.22. The molecule has 0 radical (unpaired) electrons.